The Labute approximate surface area is 151 Å². The molecule has 0 aliphatic carbocycles. The van der Waals surface area contributed by atoms with Crippen LogP contribution in [0.2, 0.25) is 0 Å². The van der Waals surface area contributed by atoms with Gasteiger partial charge in [-0.25, -0.2) is 4.98 Å². The number of anilines is 1. The summed E-state index contributed by atoms with van der Waals surface area (Å²) in [6, 6.07) is 9.80. The first-order valence-electron chi connectivity index (χ1n) is 8.36. The topological polar surface area (TPSA) is 54.3 Å². The predicted molar refractivity (Wildman–Crippen MR) is 102 cm³/mol. The number of thiazole rings is 1. The van der Waals surface area contributed by atoms with Crippen molar-refractivity contribution in [2.75, 3.05) is 32.1 Å². The molecule has 3 rings (SSSR count). The molecule has 0 N–H and O–H groups in total. The van der Waals surface area contributed by atoms with Gasteiger partial charge in [-0.2, -0.15) is 5.10 Å². The van der Waals surface area contributed by atoms with E-state index in [1.807, 2.05) is 63.0 Å². The summed E-state index contributed by atoms with van der Waals surface area (Å²) in [6.07, 6.45) is 0. The monoisotopic (exact) mass is 357 g/mol. The molecule has 0 spiro atoms. The SMILES string of the molecule is CCn1nc(C(=O)N(CCN(C)C)c2nc3ccccc3s2)cc1C. The van der Waals surface area contributed by atoms with Crippen LogP contribution in [0, 0.1) is 6.92 Å². The first-order valence-corrected chi connectivity index (χ1v) is 9.18. The molecule has 1 aromatic carbocycles. The van der Waals surface area contributed by atoms with Gasteiger partial charge in [-0.3, -0.25) is 14.4 Å². The van der Waals surface area contributed by atoms with Crippen molar-refractivity contribution in [3.05, 3.63) is 41.7 Å². The number of aromatic nitrogens is 3. The van der Waals surface area contributed by atoms with Crippen LogP contribution < -0.4 is 4.90 Å². The van der Waals surface area contributed by atoms with Crippen LogP contribution in [0.3, 0.4) is 0 Å². The lowest BCUT2D eigenvalue weighted by Crippen LogP contribution is -2.37. The summed E-state index contributed by atoms with van der Waals surface area (Å²) < 4.78 is 2.92. The van der Waals surface area contributed by atoms with Crippen molar-refractivity contribution in [2.45, 2.75) is 20.4 Å². The predicted octanol–water partition coefficient (Wildman–Crippen LogP) is 3.03. The molecule has 0 aliphatic heterocycles. The molecule has 132 valence electrons. The molecule has 0 radical (unpaired) electrons. The van der Waals surface area contributed by atoms with Crippen LogP contribution in [0.25, 0.3) is 10.2 Å². The molecule has 0 unspecified atom stereocenters. The molecule has 0 aliphatic rings. The van der Waals surface area contributed by atoms with Gasteiger partial charge in [0, 0.05) is 25.3 Å². The molecule has 0 fully saturated rings. The van der Waals surface area contributed by atoms with E-state index in [2.05, 4.69) is 15.0 Å². The average molecular weight is 357 g/mol. The van der Waals surface area contributed by atoms with E-state index in [1.165, 1.54) is 11.3 Å². The highest BCUT2D eigenvalue weighted by atomic mass is 32.1. The molecule has 3 aromatic rings. The molecule has 7 heteroatoms. The molecule has 0 saturated heterocycles. The molecule has 2 aromatic heterocycles. The number of aryl methyl sites for hydroxylation is 2. The molecular weight excluding hydrogens is 334 g/mol. The summed E-state index contributed by atoms with van der Waals surface area (Å²) in [5, 5.41) is 5.16. The minimum atomic E-state index is -0.101. The number of hydrogen-bond donors (Lipinski definition) is 0. The van der Waals surface area contributed by atoms with E-state index in [4.69, 9.17) is 0 Å². The maximum atomic E-state index is 13.1. The van der Waals surface area contributed by atoms with Crippen molar-refractivity contribution in [1.29, 1.82) is 0 Å². The minimum Gasteiger partial charge on any atom is -0.308 e. The summed E-state index contributed by atoms with van der Waals surface area (Å²) in [7, 11) is 3.99. The zero-order chi connectivity index (χ0) is 18.0. The van der Waals surface area contributed by atoms with Gasteiger partial charge in [-0.1, -0.05) is 23.5 Å². The fourth-order valence-electron chi connectivity index (χ4n) is 2.63. The summed E-state index contributed by atoms with van der Waals surface area (Å²) >= 11 is 1.54. The Morgan fingerprint density at radius 2 is 2.00 bits per heavy atom. The molecule has 1 amide bonds. The molecule has 6 nitrogen and oxygen atoms in total. The summed E-state index contributed by atoms with van der Waals surface area (Å²) in [5.74, 6) is -0.101. The Hall–Kier alpha value is -2.25. The third-order valence-corrected chi connectivity index (χ3v) is 5.09. The number of likely N-dealkylation sites (N-methyl/N-ethyl adjacent to an activating group) is 1. The van der Waals surface area contributed by atoms with Crippen molar-refractivity contribution in [2.24, 2.45) is 0 Å². The third-order valence-electron chi connectivity index (χ3n) is 4.03. The standard InChI is InChI=1S/C18H23N5OS/c1-5-23-13(2)12-15(20-23)17(24)22(11-10-21(3)4)18-19-14-8-6-7-9-16(14)25-18/h6-9,12H,5,10-11H2,1-4H3. The molecule has 0 saturated carbocycles. The number of para-hydroxylation sites is 1. The minimum absolute atomic E-state index is 0.101. The lowest BCUT2D eigenvalue weighted by molar-refractivity contribution is 0.0979. The second-order valence-corrected chi connectivity index (χ2v) is 7.22. The van der Waals surface area contributed by atoms with Crippen LogP contribution >= 0.6 is 11.3 Å². The Balaban J connectivity index is 1.96. The van der Waals surface area contributed by atoms with E-state index in [-0.39, 0.29) is 5.91 Å². The van der Waals surface area contributed by atoms with Crippen LogP contribution in [0.4, 0.5) is 5.13 Å². The van der Waals surface area contributed by atoms with Gasteiger partial charge in [0.05, 0.1) is 10.2 Å². The zero-order valence-electron chi connectivity index (χ0n) is 15.1. The van der Waals surface area contributed by atoms with E-state index in [9.17, 15) is 4.79 Å². The Morgan fingerprint density at radius 3 is 2.64 bits per heavy atom. The van der Waals surface area contributed by atoms with Gasteiger partial charge in [0.2, 0.25) is 0 Å². The fraction of sp³-hybridized carbons (Fsp3) is 0.389. The van der Waals surface area contributed by atoms with Crippen LogP contribution in [-0.4, -0.2) is 52.8 Å². The second kappa shape index (κ2) is 7.33. The largest absolute Gasteiger partial charge is 0.308 e. The highest BCUT2D eigenvalue weighted by Crippen LogP contribution is 2.29. The van der Waals surface area contributed by atoms with Gasteiger partial charge in [0.1, 0.15) is 0 Å². The van der Waals surface area contributed by atoms with Crippen LogP contribution in [0.1, 0.15) is 23.1 Å². The Morgan fingerprint density at radius 1 is 1.24 bits per heavy atom. The first-order chi connectivity index (χ1) is 12.0. The Bertz CT molecular complexity index is 850. The average Bonchev–Trinajstić information content (AvgIpc) is 3.17. The van der Waals surface area contributed by atoms with Gasteiger partial charge in [-0.05, 0) is 46.1 Å². The van der Waals surface area contributed by atoms with E-state index >= 15 is 0 Å². The maximum absolute atomic E-state index is 13.1. The smallest absolute Gasteiger partial charge is 0.280 e. The number of carbonyl (C=O) groups is 1. The van der Waals surface area contributed by atoms with E-state index in [1.54, 1.807) is 4.90 Å². The summed E-state index contributed by atoms with van der Waals surface area (Å²) in [5.41, 5.74) is 2.38. The van der Waals surface area contributed by atoms with Crippen molar-refractivity contribution in [3.8, 4) is 0 Å². The first kappa shape index (κ1) is 17.6. The molecule has 25 heavy (non-hydrogen) atoms. The molecule has 0 bridgehead atoms. The van der Waals surface area contributed by atoms with E-state index in [0.29, 0.717) is 12.2 Å². The van der Waals surface area contributed by atoms with Crippen LogP contribution in [0.15, 0.2) is 30.3 Å². The highest BCUT2D eigenvalue weighted by Gasteiger charge is 2.24. The summed E-state index contributed by atoms with van der Waals surface area (Å²) in [4.78, 5) is 21.6. The number of amides is 1. The number of hydrogen-bond acceptors (Lipinski definition) is 5. The Kier molecular flexibility index (Phi) is 5.15. The van der Waals surface area contributed by atoms with Crippen LogP contribution in [-0.2, 0) is 6.54 Å². The number of fused-ring (bicyclic) bond motifs is 1. The lowest BCUT2D eigenvalue weighted by Gasteiger charge is -2.21. The van der Waals surface area contributed by atoms with Crippen molar-refractivity contribution >= 4 is 32.6 Å². The van der Waals surface area contributed by atoms with E-state index in [0.717, 1.165) is 34.1 Å². The normalized spacial score (nSPS) is 11.4. The van der Waals surface area contributed by atoms with Crippen molar-refractivity contribution in [3.63, 3.8) is 0 Å². The van der Waals surface area contributed by atoms with Gasteiger partial charge in [0.15, 0.2) is 10.8 Å². The quantitative estimate of drug-likeness (QED) is 0.680. The van der Waals surface area contributed by atoms with Gasteiger partial charge < -0.3 is 4.90 Å². The van der Waals surface area contributed by atoms with Gasteiger partial charge >= 0.3 is 0 Å². The van der Waals surface area contributed by atoms with Crippen LogP contribution in [0.5, 0.6) is 0 Å². The number of benzene rings is 1. The molecule has 0 atom stereocenters. The van der Waals surface area contributed by atoms with Gasteiger partial charge in [0.25, 0.3) is 5.91 Å². The fourth-order valence-corrected chi connectivity index (χ4v) is 3.62. The number of rotatable bonds is 6. The maximum Gasteiger partial charge on any atom is 0.280 e. The summed E-state index contributed by atoms with van der Waals surface area (Å²) in [6.45, 7) is 6.07. The molecular formula is C18H23N5OS. The number of nitrogens with zero attached hydrogens (tertiary/aromatic N) is 5. The van der Waals surface area contributed by atoms with E-state index < -0.39 is 0 Å². The third kappa shape index (κ3) is 3.72. The number of carbonyl (C=O) groups excluding carboxylic acids is 1. The van der Waals surface area contributed by atoms with Crippen molar-refractivity contribution < 1.29 is 4.79 Å². The van der Waals surface area contributed by atoms with Crippen molar-refractivity contribution in [1.82, 2.24) is 19.7 Å². The zero-order valence-corrected chi connectivity index (χ0v) is 15.9. The highest BCUT2D eigenvalue weighted by molar-refractivity contribution is 7.22. The lowest BCUT2D eigenvalue weighted by atomic mass is 10.3. The second-order valence-electron chi connectivity index (χ2n) is 6.21. The van der Waals surface area contributed by atoms with Gasteiger partial charge in [-0.15, -0.1) is 0 Å². The molecule has 2 heterocycles.